The normalized spacial score (nSPS) is 18.4. The van der Waals surface area contributed by atoms with E-state index in [4.69, 9.17) is 9.97 Å². The number of nitrogens with zero attached hydrogens (tertiary/aromatic N) is 2. The van der Waals surface area contributed by atoms with Crippen molar-refractivity contribution in [3.8, 4) is 10.7 Å². The van der Waals surface area contributed by atoms with E-state index in [1.54, 1.807) is 11.3 Å². The van der Waals surface area contributed by atoms with E-state index in [1.807, 2.05) is 18.2 Å². The van der Waals surface area contributed by atoms with Crippen LogP contribution in [-0.2, 0) is 0 Å². The van der Waals surface area contributed by atoms with Gasteiger partial charge in [-0.2, -0.15) is 0 Å². The van der Waals surface area contributed by atoms with Gasteiger partial charge in [-0.25, -0.2) is 9.97 Å². The minimum Gasteiger partial charge on any atom is -0.309 e. The molecule has 3 heterocycles. The molecule has 0 spiro atoms. The molecule has 1 aromatic carbocycles. The zero-order valence-corrected chi connectivity index (χ0v) is 13.7. The van der Waals surface area contributed by atoms with Crippen molar-refractivity contribution >= 4 is 38.2 Å². The number of aromatic nitrogens is 2. The summed E-state index contributed by atoms with van der Waals surface area (Å²) in [5, 5.41) is 7.77. The highest BCUT2D eigenvalue weighted by Gasteiger charge is 2.20. The Balaban J connectivity index is 1.77. The molecule has 21 heavy (non-hydrogen) atoms. The standard InChI is InChI=1S/C16H14BrN3S/c17-11-8-10-4-1-2-5-12(10)19-15(11)16-20-14(9-21-16)13-6-3-7-18-13/h1-2,4-5,8-9,13,18H,3,6-7H2/t13-/m0/s1. The summed E-state index contributed by atoms with van der Waals surface area (Å²) >= 11 is 5.30. The number of fused-ring (bicyclic) bond motifs is 1. The molecule has 5 heteroatoms. The SMILES string of the molecule is Brc1cc2ccccc2nc1-c1nc([C@@H]2CCCN2)cs1. The van der Waals surface area contributed by atoms with Crippen LogP contribution in [0.5, 0.6) is 0 Å². The number of para-hydroxylation sites is 1. The summed E-state index contributed by atoms with van der Waals surface area (Å²) in [5.74, 6) is 0. The van der Waals surface area contributed by atoms with Crippen LogP contribution in [0.15, 0.2) is 40.2 Å². The maximum Gasteiger partial charge on any atom is 0.143 e. The highest BCUT2D eigenvalue weighted by atomic mass is 79.9. The second-order valence-electron chi connectivity index (χ2n) is 5.24. The lowest BCUT2D eigenvalue weighted by Gasteiger charge is -2.06. The Morgan fingerprint density at radius 2 is 2.14 bits per heavy atom. The molecule has 3 nitrogen and oxygen atoms in total. The molecule has 1 saturated heterocycles. The van der Waals surface area contributed by atoms with Crippen molar-refractivity contribution in [3.63, 3.8) is 0 Å². The number of benzene rings is 1. The fraction of sp³-hybridized carbons (Fsp3) is 0.250. The summed E-state index contributed by atoms with van der Waals surface area (Å²) in [6.07, 6.45) is 2.41. The number of rotatable bonds is 2. The number of nitrogens with one attached hydrogen (secondary N) is 1. The van der Waals surface area contributed by atoms with Gasteiger partial charge in [-0.1, -0.05) is 18.2 Å². The van der Waals surface area contributed by atoms with Crippen LogP contribution in [0, 0.1) is 0 Å². The molecule has 1 aliphatic rings. The average Bonchev–Trinajstić information content (AvgIpc) is 3.17. The molecule has 0 unspecified atom stereocenters. The van der Waals surface area contributed by atoms with E-state index < -0.39 is 0 Å². The van der Waals surface area contributed by atoms with Gasteiger partial charge in [-0.15, -0.1) is 11.3 Å². The summed E-state index contributed by atoms with van der Waals surface area (Å²) in [4.78, 5) is 9.56. The van der Waals surface area contributed by atoms with E-state index in [9.17, 15) is 0 Å². The fourth-order valence-electron chi connectivity index (χ4n) is 2.73. The minimum absolute atomic E-state index is 0.411. The average molecular weight is 360 g/mol. The molecular weight excluding hydrogens is 346 g/mol. The lowest BCUT2D eigenvalue weighted by Crippen LogP contribution is -2.12. The zero-order valence-electron chi connectivity index (χ0n) is 11.3. The van der Waals surface area contributed by atoms with Crippen LogP contribution in [0.25, 0.3) is 21.6 Å². The molecule has 0 radical (unpaired) electrons. The fourth-order valence-corrected chi connectivity index (χ4v) is 4.26. The summed E-state index contributed by atoms with van der Waals surface area (Å²) in [7, 11) is 0. The molecule has 0 bridgehead atoms. The first-order chi connectivity index (χ1) is 10.3. The molecule has 0 amide bonds. The van der Waals surface area contributed by atoms with Crippen LogP contribution < -0.4 is 5.32 Å². The summed E-state index contributed by atoms with van der Waals surface area (Å²) in [5.41, 5.74) is 3.09. The zero-order chi connectivity index (χ0) is 14.2. The van der Waals surface area contributed by atoms with Crippen molar-refractivity contribution in [2.24, 2.45) is 0 Å². The van der Waals surface area contributed by atoms with E-state index in [2.05, 4.69) is 38.8 Å². The molecule has 0 aliphatic carbocycles. The molecule has 1 atom stereocenters. The van der Waals surface area contributed by atoms with E-state index in [-0.39, 0.29) is 0 Å². The first-order valence-electron chi connectivity index (χ1n) is 7.06. The Morgan fingerprint density at radius 3 is 3.00 bits per heavy atom. The van der Waals surface area contributed by atoms with Gasteiger partial charge in [0.1, 0.15) is 10.7 Å². The molecule has 2 aromatic heterocycles. The molecule has 106 valence electrons. The Bertz CT molecular complexity index is 793. The smallest absolute Gasteiger partial charge is 0.143 e. The number of hydrogen-bond donors (Lipinski definition) is 1. The lowest BCUT2D eigenvalue weighted by molar-refractivity contribution is 0.632. The lowest BCUT2D eigenvalue weighted by atomic mass is 10.2. The maximum atomic E-state index is 4.79. The monoisotopic (exact) mass is 359 g/mol. The van der Waals surface area contributed by atoms with E-state index in [0.29, 0.717) is 6.04 Å². The third kappa shape index (κ3) is 2.50. The van der Waals surface area contributed by atoms with Gasteiger partial charge in [-0.05, 0) is 47.4 Å². The third-order valence-corrected chi connectivity index (χ3v) is 5.29. The quantitative estimate of drug-likeness (QED) is 0.729. The van der Waals surface area contributed by atoms with E-state index in [0.717, 1.165) is 38.3 Å². The van der Waals surface area contributed by atoms with Crippen LogP contribution in [0.4, 0.5) is 0 Å². The predicted molar refractivity (Wildman–Crippen MR) is 90.5 cm³/mol. The second kappa shape index (κ2) is 5.48. The Kier molecular flexibility index (Phi) is 3.49. The van der Waals surface area contributed by atoms with Gasteiger partial charge in [-0.3, -0.25) is 0 Å². The first-order valence-corrected chi connectivity index (χ1v) is 8.73. The Labute approximate surface area is 135 Å². The van der Waals surface area contributed by atoms with Crippen molar-refractivity contribution in [1.82, 2.24) is 15.3 Å². The van der Waals surface area contributed by atoms with Gasteiger partial charge in [0.05, 0.1) is 17.3 Å². The highest BCUT2D eigenvalue weighted by molar-refractivity contribution is 9.10. The summed E-state index contributed by atoms with van der Waals surface area (Å²) < 4.78 is 1.00. The molecule has 1 aliphatic heterocycles. The molecule has 1 N–H and O–H groups in total. The Morgan fingerprint density at radius 1 is 1.24 bits per heavy atom. The van der Waals surface area contributed by atoms with Crippen LogP contribution in [0.3, 0.4) is 0 Å². The van der Waals surface area contributed by atoms with Crippen LogP contribution >= 0.6 is 27.3 Å². The van der Waals surface area contributed by atoms with Gasteiger partial charge < -0.3 is 5.32 Å². The van der Waals surface area contributed by atoms with Crippen molar-refractivity contribution in [3.05, 3.63) is 45.9 Å². The van der Waals surface area contributed by atoms with E-state index in [1.165, 1.54) is 12.8 Å². The molecular formula is C16H14BrN3S. The first kappa shape index (κ1) is 13.4. The molecule has 4 rings (SSSR count). The van der Waals surface area contributed by atoms with Gasteiger partial charge >= 0.3 is 0 Å². The van der Waals surface area contributed by atoms with Crippen molar-refractivity contribution < 1.29 is 0 Å². The molecule has 1 fully saturated rings. The van der Waals surface area contributed by atoms with Gasteiger partial charge in [0.2, 0.25) is 0 Å². The predicted octanol–water partition coefficient (Wildman–Crippen LogP) is 4.55. The van der Waals surface area contributed by atoms with E-state index >= 15 is 0 Å². The van der Waals surface area contributed by atoms with Crippen molar-refractivity contribution in [2.75, 3.05) is 6.54 Å². The maximum absolute atomic E-state index is 4.79. The number of halogens is 1. The highest BCUT2D eigenvalue weighted by Crippen LogP contribution is 2.34. The minimum atomic E-state index is 0.411. The van der Waals surface area contributed by atoms with Crippen LogP contribution in [0.2, 0.25) is 0 Å². The number of hydrogen-bond acceptors (Lipinski definition) is 4. The third-order valence-electron chi connectivity index (χ3n) is 3.82. The molecule has 0 saturated carbocycles. The summed E-state index contributed by atoms with van der Waals surface area (Å²) in [6, 6.07) is 10.7. The van der Waals surface area contributed by atoms with Gasteiger partial charge in [0.25, 0.3) is 0 Å². The topological polar surface area (TPSA) is 37.8 Å². The van der Waals surface area contributed by atoms with Gasteiger partial charge in [0, 0.05) is 15.2 Å². The summed E-state index contributed by atoms with van der Waals surface area (Å²) in [6.45, 7) is 1.09. The van der Waals surface area contributed by atoms with Crippen LogP contribution in [0.1, 0.15) is 24.6 Å². The second-order valence-corrected chi connectivity index (χ2v) is 6.95. The van der Waals surface area contributed by atoms with Crippen molar-refractivity contribution in [2.45, 2.75) is 18.9 Å². The largest absolute Gasteiger partial charge is 0.309 e. The van der Waals surface area contributed by atoms with Crippen LogP contribution in [-0.4, -0.2) is 16.5 Å². The van der Waals surface area contributed by atoms with Crippen molar-refractivity contribution in [1.29, 1.82) is 0 Å². The van der Waals surface area contributed by atoms with Gasteiger partial charge in [0.15, 0.2) is 0 Å². The Hall–Kier alpha value is -1.30. The number of thiazole rings is 1. The number of pyridine rings is 1. The molecule has 3 aromatic rings.